The van der Waals surface area contributed by atoms with Crippen LogP contribution in [0.25, 0.3) is 0 Å². The van der Waals surface area contributed by atoms with Crippen LogP contribution >= 0.6 is 0 Å². The van der Waals surface area contributed by atoms with E-state index >= 15 is 0 Å². The van der Waals surface area contributed by atoms with Crippen molar-refractivity contribution in [2.45, 2.75) is 13.8 Å². The monoisotopic (exact) mass is 390 g/mol. The van der Waals surface area contributed by atoms with Gasteiger partial charge in [0.1, 0.15) is 11.4 Å². The molecule has 1 heterocycles. The number of hydrogen-bond acceptors (Lipinski definition) is 5. The average Bonchev–Trinajstić information content (AvgIpc) is 2.70. The number of ether oxygens (including phenoxy) is 1. The number of rotatable bonds is 7. The molecule has 0 aliphatic heterocycles. The van der Waals surface area contributed by atoms with Gasteiger partial charge < -0.3 is 20.7 Å². The number of carbonyl (C=O) groups excluding carboxylic acids is 2. The summed E-state index contributed by atoms with van der Waals surface area (Å²) in [6.07, 6.45) is 1.57. The Kier molecular flexibility index (Phi) is 6.42. The second kappa shape index (κ2) is 9.36. The minimum absolute atomic E-state index is 0.178. The van der Waals surface area contributed by atoms with E-state index < -0.39 is 0 Å². The first-order valence-corrected chi connectivity index (χ1v) is 9.18. The lowest BCUT2D eigenvalue weighted by Gasteiger charge is -2.10. The molecule has 0 saturated carbocycles. The summed E-state index contributed by atoms with van der Waals surface area (Å²) in [4.78, 5) is 27.9. The molecule has 0 bridgehead atoms. The van der Waals surface area contributed by atoms with E-state index in [1.54, 1.807) is 42.6 Å². The highest BCUT2D eigenvalue weighted by molar-refractivity contribution is 6.03. The summed E-state index contributed by atoms with van der Waals surface area (Å²) in [5.74, 6) is 0.276. The summed E-state index contributed by atoms with van der Waals surface area (Å²) in [5.41, 5.74) is 3.04. The Hall–Kier alpha value is -3.87. The van der Waals surface area contributed by atoms with Crippen LogP contribution in [0.3, 0.4) is 0 Å². The van der Waals surface area contributed by atoms with Gasteiger partial charge in [0.2, 0.25) is 5.91 Å². The number of nitrogens with one attached hydrogen (secondary N) is 3. The smallest absolute Gasteiger partial charge is 0.274 e. The summed E-state index contributed by atoms with van der Waals surface area (Å²) in [5, 5.41) is 8.71. The van der Waals surface area contributed by atoms with Crippen LogP contribution in [0.4, 0.5) is 22.7 Å². The van der Waals surface area contributed by atoms with E-state index in [0.29, 0.717) is 18.0 Å². The molecule has 2 aromatic carbocycles. The maximum Gasteiger partial charge on any atom is 0.274 e. The largest absolute Gasteiger partial charge is 0.494 e. The van der Waals surface area contributed by atoms with Crippen molar-refractivity contribution in [1.29, 1.82) is 0 Å². The van der Waals surface area contributed by atoms with Gasteiger partial charge in [0.05, 0.1) is 6.61 Å². The van der Waals surface area contributed by atoms with E-state index in [-0.39, 0.29) is 17.5 Å². The van der Waals surface area contributed by atoms with Gasteiger partial charge in [0, 0.05) is 35.9 Å². The van der Waals surface area contributed by atoms with Gasteiger partial charge in [-0.1, -0.05) is 6.07 Å². The number of pyridine rings is 1. The lowest BCUT2D eigenvalue weighted by molar-refractivity contribution is -0.114. The minimum atomic E-state index is -0.347. The van der Waals surface area contributed by atoms with Crippen LogP contribution in [0.1, 0.15) is 24.3 Å². The molecule has 0 unspecified atom stereocenters. The van der Waals surface area contributed by atoms with Crippen molar-refractivity contribution in [2.24, 2.45) is 0 Å². The zero-order valence-electron chi connectivity index (χ0n) is 16.2. The van der Waals surface area contributed by atoms with E-state index in [1.165, 1.54) is 6.92 Å². The lowest BCUT2D eigenvalue weighted by atomic mass is 10.2. The molecule has 0 aliphatic rings. The van der Waals surface area contributed by atoms with Gasteiger partial charge >= 0.3 is 0 Å². The van der Waals surface area contributed by atoms with Gasteiger partial charge in [-0.05, 0) is 61.5 Å². The van der Waals surface area contributed by atoms with Crippen molar-refractivity contribution < 1.29 is 14.3 Å². The Morgan fingerprint density at radius 3 is 2.31 bits per heavy atom. The van der Waals surface area contributed by atoms with E-state index in [9.17, 15) is 9.59 Å². The number of anilines is 4. The van der Waals surface area contributed by atoms with E-state index in [1.807, 2.05) is 31.2 Å². The molecule has 0 radical (unpaired) electrons. The Morgan fingerprint density at radius 1 is 0.897 bits per heavy atom. The maximum absolute atomic E-state index is 12.6. The molecule has 3 aromatic rings. The third-order valence-corrected chi connectivity index (χ3v) is 3.89. The number of nitrogens with zero attached hydrogens (tertiary/aromatic N) is 1. The number of benzene rings is 2. The summed E-state index contributed by atoms with van der Waals surface area (Å²) < 4.78 is 5.43. The lowest BCUT2D eigenvalue weighted by Crippen LogP contribution is -2.14. The first-order chi connectivity index (χ1) is 14.0. The highest BCUT2D eigenvalue weighted by Crippen LogP contribution is 2.21. The minimum Gasteiger partial charge on any atom is -0.494 e. The predicted molar refractivity (Wildman–Crippen MR) is 114 cm³/mol. The summed E-state index contributed by atoms with van der Waals surface area (Å²) in [6, 6.07) is 17.9. The first-order valence-electron chi connectivity index (χ1n) is 9.18. The highest BCUT2D eigenvalue weighted by atomic mass is 16.5. The third kappa shape index (κ3) is 5.80. The fourth-order valence-corrected chi connectivity index (χ4v) is 2.67. The quantitative estimate of drug-likeness (QED) is 0.555. The Balaban J connectivity index is 1.68. The molecular formula is C22H22N4O3. The van der Waals surface area contributed by atoms with Crippen molar-refractivity contribution >= 4 is 34.6 Å². The molecule has 148 valence electrons. The van der Waals surface area contributed by atoms with Crippen LogP contribution in [0.2, 0.25) is 0 Å². The molecule has 0 atom stereocenters. The van der Waals surface area contributed by atoms with Crippen molar-refractivity contribution in [2.75, 3.05) is 22.6 Å². The van der Waals surface area contributed by atoms with Gasteiger partial charge in [-0.25, -0.2) is 0 Å². The van der Waals surface area contributed by atoms with Crippen LogP contribution in [0.5, 0.6) is 5.75 Å². The standard InChI is InChI=1S/C22H22N4O3/c1-3-29-20-9-7-16(8-10-20)25-19-11-12-23-21(14-19)22(28)26-18-6-4-5-17(13-18)24-15(2)27/h4-14H,3H2,1-2H3,(H,23,25)(H,24,27)(H,26,28). The molecule has 7 heteroatoms. The molecule has 3 rings (SSSR count). The first kappa shape index (κ1) is 19.9. The van der Waals surface area contributed by atoms with E-state index in [2.05, 4.69) is 20.9 Å². The molecule has 0 aliphatic carbocycles. The zero-order chi connectivity index (χ0) is 20.6. The molecule has 29 heavy (non-hydrogen) atoms. The molecule has 0 spiro atoms. The fourth-order valence-electron chi connectivity index (χ4n) is 2.67. The Bertz CT molecular complexity index is 1000. The van der Waals surface area contributed by atoms with Crippen molar-refractivity contribution in [3.8, 4) is 5.75 Å². The van der Waals surface area contributed by atoms with E-state index in [0.717, 1.165) is 17.1 Å². The van der Waals surface area contributed by atoms with Gasteiger partial charge in [-0.2, -0.15) is 0 Å². The predicted octanol–water partition coefficient (Wildman–Crippen LogP) is 4.43. The second-order valence-electron chi connectivity index (χ2n) is 6.23. The summed E-state index contributed by atoms with van der Waals surface area (Å²) in [6.45, 7) is 3.98. The van der Waals surface area contributed by atoms with Crippen molar-refractivity contribution in [1.82, 2.24) is 4.98 Å². The average molecular weight is 390 g/mol. The topological polar surface area (TPSA) is 92.3 Å². The number of aromatic nitrogens is 1. The maximum atomic E-state index is 12.6. The molecule has 7 nitrogen and oxygen atoms in total. The van der Waals surface area contributed by atoms with Crippen LogP contribution in [0, 0.1) is 0 Å². The summed E-state index contributed by atoms with van der Waals surface area (Å²) in [7, 11) is 0. The molecule has 2 amide bonds. The zero-order valence-corrected chi connectivity index (χ0v) is 16.2. The van der Waals surface area contributed by atoms with Crippen LogP contribution in [-0.2, 0) is 4.79 Å². The van der Waals surface area contributed by atoms with Crippen molar-refractivity contribution in [3.05, 3.63) is 72.6 Å². The van der Waals surface area contributed by atoms with E-state index in [4.69, 9.17) is 4.74 Å². The SMILES string of the molecule is CCOc1ccc(Nc2ccnc(C(=O)Nc3cccc(NC(C)=O)c3)c2)cc1. The van der Waals surface area contributed by atoms with Gasteiger partial charge in [0.25, 0.3) is 5.91 Å². The second-order valence-corrected chi connectivity index (χ2v) is 6.23. The van der Waals surface area contributed by atoms with Crippen LogP contribution in [-0.4, -0.2) is 23.4 Å². The molecule has 1 aromatic heterocycles. The molecule has 3 N–H and O–H groups in total. The molecular weight excluding hydrogens is 368 g/mol. The van der Waals surface area contributed by atoms with Crippen LogP contribution in [0.15, 0.2) is 66.9 Å². The van der Waals surface area contributed by atoms with Gasteiger partial charge in [0.15, 0.2) is 0 Å². The summed E-state index contributed by atoms with van der Waals surface area (Å²) >= 11 is 0. The number of amides is 2. The Morgan fingerprint density at radius 2 is 1.62 bits per heavy atom. The fraction of sp³-hybridized carbons (Fsp3) is 0.136. The van der Waals surface area contributed by atoms with Crippen LogP contribution < -0.4 is 20.7 Å². The highest BCUT2D eigenvalue weighted by Gasteiger charge is 2.09. The number of hydrogen-bond donors (Lipinski definition) is 3. The van der Waals surface area contributed by atoms with Crippen molar-refractivity contribution in [3.63, 3.8) is 0 Å². The molecule has 0 saturated heterocycles. The van der Waals surface area contributed by atoms with Gasteiger partial charge in [-0.15, -0.1) is 0 Å². The normalized spacial score (nSPS) is 10.1. The Labute approximate surface area is 169 Å². The number of carbonyl (C=O) groups is 2. The molecule has 0 fully saturated rings. The third-order valence-electron chi connectivity index (χ3n) is 3.89. The van der Waals surface area contributed by atoms with Gasteiger partial charge in [-0.3, -0.25) is 14.6 Å².